The molecule has 0 aromatic carbocycles. The Bertz CT molecular complexity index is 11.4. The van der Waals surface area contributed by atoms with Gasteiger partial charge in [0.1, 0.15) is 0 Å². The van der Waals surface area contributed by atoms with Gasteiger partial charge in [0.15, 0.2) is 0 Å². The molecule has 0 bridgehead atoms. The van der Waals surface area contributed by atoms with Gasteiger partial charge in [0.2, 0.25) is 0 Å². The van der Waals surface area contributed by atoms with Gasteiger partial charge in [0.05, 0.1) is 0 Å². The largest absolute Gasteiger partial charge is 1.00 e. The second kappa shape index (κ2) is 9.22. The molecule has 0 radical (unpaired) electrons. The van der Waals surface area contributed by atoms with E-state index in [1.54, 1.807) is 0 Å². The summed E-state index contributed by atoms with van der Waals surface area (Å²) in [6, 6.07) is 0. The third-order valence-electron chi connectivity index (χ3n) is 0.604. The minimum absolute atomic E-state index is 0. The molecule has 0 rings (SSSR count). The third-order valence-corrected chi connectivity index (χ3v) is 0.604. The Labute approximate surface area is 55.8 Å². The average Bonchev–Trinajstić information content (AvgIpc) is 1.41. The fourth-order valence-corrected chi connectivity index (χ4v) is 0.250. The van der Waals surface area contributed by atoms with Gasteiger partial charge in [-0.05, 0) is 0 Å². The molecule has 0 aliphatic heterocycles. The fraction of sp³-hybridized carbons (Fsp3) is 0.800. The molecule has 1 heteroatoms. The van der Waals surface area contributed by atoms with E-state index in [4.69, 9.17) is 0 Å². The van der Waals surface area contributed by atoms with Crippen molar-refractivity contribution in [1.82, 2.24) is 0 Å². The van der Waals surface area contributed by atoms with E-state index in [0.29, 0.717) is 0 Å². The summed E-state index contributed by atoms with van der Waals surface area (Å²) in [4.78, 5) is 0. The maximum Gasteiger partial charge on any atom is 1.00 e. The van der Waals surface area contributed by atoms with Gasteiger partial charge in [-0.15, -0.1) is 0 Å². The Balaban J connectivity index is 0. The van der Waals surface area contributed by atoms with E-state index in [9.17, 15) is 0 Å². The van der Waals surface area contributed by atoms with Gasteiger partial charge in [-0.25, -0.2) is 0 Å². The van der Waals surface area contributed by atoms with Crippen molar-refractivity contribution in [1.29, 1.82) is 0 Å². The maximum absolute atomic E-state index is 3.68. The Morgan fingerprint density at radius 3 is 2.00 bits per heavy atom. The van der Waals surface area contributed by atoms with E-state index < -0.39 is 0 Å². The van der Waals surface area contributed by atoms with E-state index in [-0.39, 0.29) is 22.4 Å². The monoisotopic (exact) mass is 178 g/mol. The predicted octanol–water partition coefficient (Wildman–Crippen LogP) is 2.01. The third kappa shape index (κ3) is 8.83. The first-order valence-electron chi connectivity index (χ1n) is 2.21. The van der Waals surface area contributed by atoms with E-state index in [2.05, 4.69) is 13.8 Å². The molecule has 42 valence electrons. The van der Waals surface area contributed by atoms with Crippen LogP contribution in [0.25, 0.3) is 0 Å². The average molecular weight is 179 g/mol. The van der Waals surface area contributed by atoms with Crippen molar-refractivity contribution in [2.45, 2.75) is 26.2 Å². The first-order valence-corrected chi connectivity index (χ1v) is 2.21. The molecule has 0 aromatic rings. The van der Waals surface area contributed by atoms with Crippen LogP contribution >= 0.6 is 0 Å². The molecule has 0 nitrogen and oxygen atoms in total. The number of rotatable bonds is 2. The molecule has 0 atom stereocenters. The van der Waals surface area contributed by atoms with Gasteiger partial charge >= 0.3 is 22.4 Å². The predicted molar refractivity (Wildman–Crippen MR) is 24.9 cm³/mol. The fourth-order valence-electron chi connectivity index (χ4n) is 0.250. The Morgan fingerprint density at radius 2 is 2.00 bits per heavy atom. The van der Waals surface area contributed by atoms with Crippen LogP contribution in [0.2, 0.25) is 0 Å². The van der Waals surface area contributed by atoms with Crippen molar-refractivity contribution in [3.05, 3.63) is 6.92 Å². The zero-order valence-corrected chi connectivity index (χ0v) is 5.61. The van der Waals surface area contributed by atoms with Crippen LogP contribution < -0.4 is 0 Å². The molecule has 0 heterocycles. The number of hydrogen-bond acceptors (Lipinski definition) is 0. The molecule has 0 N–H and O–H groups in total. The Hall–Kier alpha value is 0.740. The van der Waals surface area contributed by atoms with E-state index in [1.807, 2.05) is 0 Å². The summed E-state index contributed by atoms with van der Waals surface area (Å²) in [5.41, 5.74) is 0. The number of unbranched alkanes of at least 4 members (excludes halogenated alkanes) is 2. The van der Waals surface area contributed by atoms with Crippen LogP contribution in [0.4, 0.5) is 0 Å². The zero-order chi connectivity index (χ0) is 4.12. The molecule has 0 aliphatic rings. The SMILES string of the molecule is [Ag+].[CH2-]CCCC. The standard InChI is InChI=1S/C5H11.Ag/c1-3-5-4-2;/h1,3-5H2,2H3;/q-1;+1. The van der Waals surface area contributed by atoms with E-state index in [0.717, 1.165) is 6.42 Å². The molecule has 0 saturated heterocycles. The molecule has 6 heavy (non-hydrogen) atoms. The van der Waals surface area contributed by atoms with Crippen LogP contribution in [0.3, 0.4) is 0 Å². The molecule has 0 saturated carbocycles. The van der Waals surface area contributed by atoms with Gasteiger partial charge < -0.3 is 6.92 Å². The molecule has 0 fully saturated rings. The maximum atomic E-state index is 3.68. The molecule has 0 amide bonds. The van der Waals surface area contributed by atoms with E-state index in [1.165, 1.54) is 12.8 Å². The van der Waals surface area contributed by atoms with Crippen molar-refractivity contribution in [3.8, 4) is 0 Å². The second-order valence-corrected chi connectivity index (χ2v) is 1.21. The first kappa shape index (κ1) is 9.88. The molecule has 0 spiro atoms. The Morgan fingerprint density at radius 1 is 1.50 bits per heavy atom. The summed E-state index contributed by atoms with van der Waals surface area (Å²) in [6.07, 6.45) is 3.65. The van der Waals surface area contributed by atoms with Crippen molar-refractivity contribution >= 4 is 0 Å². The smallest absolute Gasteiger partial charge is 0.343 e. The van der Waals surface area contributed by atoms with Crippen LogP contribution in [0, 0.1) is 6.92 Å². The van der Waals surface area contributed by atoms with Gasteiger partial charge in [-0.3, -0.25) is 0 Å². The molecular weight excluding hydrogens is 168 g/mol. The van der Waals surface area contributed by atoms with Gasteiger partial charge in [0, 0.05) is 0 Å². The van der Waals surface area contributed by atoms with E-state index >= 15 is 0 Å². The summed E-state index contributed by atoms with van der Waals surface area (Å²) in [7, 11) is 0. The van der Waals surface area contributed by atoms with Gasteiger partial charge in [-0.2, -0.15) is 6.42 Å². The number of hydrogen-bond donors (Lipinski definition) is 0. The molecule has 0 aromatic heterocycles. The van der Waals surface area contributed by atoms with Crippen LogP contribution in [-0.2, 0) is 22.4 Å². The van der Waals surface area contributed by atoms with Crippen molar-refractivity contribution in [3.63, 3.8) is 0 Å². The minimum Gasteiger partial charge on any atom is -0.343 e. The molecule has 0 unspecified atom stereocenters. The second-order valence-electron chi connectivity index (χ2n) is 1.21. The van der Waals surface area contributed by atoms with Crippen molar-refractivity contribution < 1.29 is 22.4 Å². The quantitative estimate of drug-likeness (QED) is 0.449. The summed E-state index contributed by atoms with van der Waals surface area (Å²) >= 11 is 0. The summed E-state index contributed by atoms with van der Waals surface area (Å²) in [5.74, 6) is 0. The summed E-state index contributed by atoms with van der Waals surface area (Å²) in [5, 5.41) is 0. The van der Waals surface area contributed by atoms with Gasteiger partial charge in [-0.1, -0.05) is 19.8 Å². The molecule has 0 aliphatic carbocycles. The van der Waals surface area contributed by atoms with Crippen LogP contribution in [-0.4, -0.2) is 0 Å². The topological polar surface area (TPSA) is 0 Å². The van der Waals surface area contributed by atoms with Gasteiger partial charge in [0.25, 0.3) is 0 Å². The normalized spacial score (nSPS) is 7.00. The first-order chi connectivity index (χ1) is 2.41. The Kier molecular flexibility index (Phi) is 15.2. The van der Waals surface area contributed by atoms with Crippen LogP contribution in [0.1, 0.15) is 26.2 Å². The minimum atomic E-state index is 0. The van der Waals surface area contributed by atoms with Crippen molar-refractivity contribution in [2.75, 3.05) is 0 Å². The molecular formula is C5H11Ag. The van der Waals surface area contributed by atoms with Crippen LogP contribution in [0.5, 0.6) is 0 Å². The van der Waals surface area contributed by atoms with Crippen LogP contribution in [0.15, 0.2) is 0 Å². The summed E-state index contributed by atoms with van der Waals surface area (Å²) < 4.78 is 0. The zero-order valence-electron chi connectivity index (χ0n) is 4.13. The summed E-state index contributed by atoms with van der Waals surface area (Å²) in [6.45, 7) is 5.85. The van der Waals surface area contributed by atoms with Crippen molar-refractivity contribution in [2.24, 2.45) is 0 Å².